The molecule has 2 heterocycles. The summed E-state index contributed by atoms with van der Waals surface area (Å²) in [7, 11) is 0. The molecule has 0 spiro atoms. The molecule has 0 bridgehead atoms. The Morgan fingerprint density at radius 2 is 2.40 bits per heavy atom. The van der Waals surface area contributed by atoms with Gasteiger partial charge in [-0.25, -0.2) is 4.98 Å². The van der Waals surface area contributed by atoms with E-state index in [2.05, 4.69) is 17.2 Å². The summed E-state index contributed by atoms with van der Waals surface area (Å²) in [5.41, 5.74) is 6.38. The first-order valence-electron chi connectivity index (χ1n) is 7.43. The van der Waals surface area contributed by atoms with Gasteiger partial charge in [-0.2, -0.15) is 0 Å². The highest BCUT2D eigenvalue weighted by atomic mass is 16.3. The lowest BCUT2D eigenvalue weighted by Crippen LogP contribution is -2.34. The second-order valence-corrected chi connectivity index (χ2v) is 5.22. The van der Waals surface area contributed by atoms with Crippen LogP contribution in [0.1, 0.15) is 55.0 Å². The minimum absolute atomic E-state index is 0.0635. The van der Waals surface area contributed by atoms with E-state index >= 15 is 0 Å². The van der Waals surface area contributed by atoms with Crippen molar-refractivity contribution in [2.45, 2.75) is 38.6 Å². The van der Waals surface area contributed by atoms with E-state index < -0.39 is 0 Å². The zero-order valence-corrected chi connectivity index (χ0v) is 12.1. The molecule has 1 aliphatic rings. The summed E-state index contributed by atoms with van der Waals surface area (Å²) < 4.78 is 5.37. The van der Waals surface area contributed by atoms with Crippen molar-refractivity contribution in [3.05, 3.63) is 17.8 Å². The van der Waals surface area contributed by atoms with Crippen LogP contribution in [0.25, 0.3) is 0 Å². The van der Waals surface area contributed by atoms with Gasteiger partial charge in [-0.05, 0) is 19.4 Å². The lowest BCUT2D eigenvalue weighted by Gasteiger charge is -2.18. The third kappa shape index (κ3) is 3.80. The summed E-state index contributed by atoms with van der Waals surface area (Å²) in [6.45, 7) is 5.37. The molecular weight excluding hydrogens is 256 g/mol. The van der Waals surface area contributed by atoms with Gasteiger partial charge in [0.2, 0.25) is 5.89 Å². The largest absolute Gasteiger partial charge is 0.446 e. The zero-order chi connectivity index (χ0) is 14.4. The standard InChI is InChI=1S/C14H24N4O2/c1-2-3-5-11(15)13-17-12(10-20-13)14(19)18-8-4-6-16-7-9-18/h10-11,16H,2-9,15H2,1H3. The van der Waals surface area contributed by atoms with Crippen LogP contribution in [0.2, 0.25) is 0 Å². The number of nitrogens with zero attached hydrogens (tertiary/aromatic N) is 2. The molecule has 0 aliphatic carbocycles. The van der Waals surface area contributed by atoms with E-state index in [0.717, 1.165) is 45.3 Å². The molecule has 0 radical (unpaired) electrons. The van der Waals surface area contributed by atoms with Crippen LogP contribution in [-0.2, 0) is 0 Å². The average Bonchev–Trinajstić information content (AvgIpc) is 2.80. The van der Waals surface area contributed by atoms with Gasteiger partial charge in [-0.3, -0.25) is 4.79 Å². The molecule has 2 rings (SSSR count). The molecule has 3 N–H and O–H groups in total. The Kier molecular flexibility index (Phi) is 5.55. The van der Waals surface area contributed by atoms with Crippen molar-refractivity contribution in [3.8, 4) is 0 Å². The Balaban J connectivity index is 1.98. The van der Waals surface area contributed by atoms with E-state index in [1.807, 2.05) is 4.90 Å². The maximum atomic E-state index is 12.3. The van der Waals surface area contributed by atoms with Gasteiger partial charge in [0.1, 0.15) is 6.26 Å². The van der Waals surface area contributed by atoms with Crippen molar-refractivity contribution in [2.24, 2.45) is 5.73 Å². The van der Waals surface area contributed by atoms with Crippen LogP contribution in [0.15, 0.2) is 10.7 Å². The van der Waals surface area contributed by atoms with E-state index in [4.69, 9.17) is 10.2 Å². The molecule has 6 nitrogen and oxygen atoms in total. The fourth-order valence-electron chi connectivity index (χ4n) is 2.31. The third-order valence-electron chi connectivity index (χ3n) is 3.55. The number of amides is 1. The molecule has 1 saturated heterocycles. The molecule has 1 fully saturated rings. The molecule has 1 aromatic heterocycles. The normalized spacial score (nSPS) is 17.8. The second-order valence-electron chi connectivity index (χ2n) is 5.22. The molecule has 1 aliphatic heterocycles. The van der Waals surface area contributed by atoms with Crippen molar-refractivity contribution in [3.63, 3.8) is 0 Å². The van der Waals surface area contributed by atoms with E-state index in [-0.39, 0.29) is 11.9 Å². The Morgan fingerprint density at radius 1 is 1.55 bits per heavy atom. The third-order valence-corrected chi connectivity index (χ3v) is 3.55. The summed E-state index contributed by atoms with van der Waals surface area (Å²) in [4.78, 5) is 18.4. The quantitative estimate of drug-likeness (QED) is 0.849. The lowest BCUT2D eigenvalue weighted by molar-refractivity contribution is 0.0760. The molecule has 20 heavy (non-hydrogen) atoms. The van der Waals surface area contributed by atoms with Crippen LogP contribution in [0.5, 0.6) is 0 Å². The lowest BCUT2D eigenvalue weighted by atomic mass is 10.1. The summed E-state index contributed by atoms with van der Waals surface area (Å²) in [5, 5.41) is 3.27. The number of carbonyl (C=O) groups excluding carboxylic acids is 1. The van der Waals surface area contributed by atoms with Gasteiger partial charge in [0, 0.05) is 19.6 Å². The van der Waals surface area contributed by atoms with Crippen LogP contribution in [-0.4, -0.2) is 42.0 Å². The second kappa shape index (κ2) is 7.40. The number of rotatable bonds is 5. The average molecular weight is 280 g/mol. The van der Waals surface area contributed by atoms with E-state index in [1.54, 1.807) is 0 Å². The number of oxazole rings is 1. The maximum Gasteiger partial charge on any atom is 0.275 e. The van der Waals surface area contributed by atoms with Gasteiger partial charge in [-0.1, -0.05) is 19.8 Å². The molecule has 0 saturated carbocycles. The highest BCUT2D eigenvalue weighted by Crippen LogP contribution is 2.17. The van der Waals surface area contributed by atoms with E-state index in [9.17, 15) is 4.79 Å². The molecule has 112 valence electrons. The van der Waals surface area contributed by atoms with Gasteiger partial charge < -0.3 is 20.4 Å². The van der Waals surface area contributed by atoms with Crippen molar-refractivity contribution in [1.82, 2.24) is 15.2 Å². The van der Waals surface area contributed by atoms with E-state index in [1.165, 1.54) is 6.26 Å². The number of nitrogens with two attached hydrogens (primary N) is 1. The van der Waals surface area contributed by atoms with Gasteiger partial charge >= 0.3 is 0 Å². The SMILES string of the molecule is CCCCC(N)c1nc(C(=O)N2CCCNCC2)co1. The van der Waals surface area contributed by atoms with Crippen LogP contribution in [0.3, 0.4) is 0 Å². The van der Waals surface area contributed by atoms with Gasteiger partial charge in [0.25, 0.3) is 5.91 Å². The number of hydrogen-bond acceptors (Lipinski definition) is 5. The summed E-state index contributed by atoms with van der Waals surface area (Å²) in [6.07, 6.45) is 5.35. The molecule has 1 atom stereocenters. The maximum absolute atomic E-state index is 12.3. The van der Waals surface area contributed by atoms with Crippen molar-refractivity contribution in [1.29, 1.82) is 0 Å². The van der Waals surface area contributed by atoms with Crippen LogP contribution >= 0.6 is 0 Å². The molecule has 1 unspecified atom stereocenters. The summed E-state index contributed by atoms with van der Waals surface area (Å²) in [5.74, 6) is 0.404. The van der Waals surface area contributed by atoms with Crippen LogP contribution in [0.4, 0.5) is 0 Å². The Morgan fingerprint density at radius 3 is 3.20 bits per heavy atom. The first kappa shape index (κ1) is 15.0. The van der Waals surface area contributed by atoms with Gasteiger partial charge in [0.15, 0.2) is 5.69 Å². The molecule has 1 amide bonds. The smallest absolute Gasteiger partial charge is 0.275 e. The molecular formula is C14H24N4O2. The molecule has 1 aromatic rings. The number of aromatic nitrogens is 1. The van der Waals surface area contributed by atoms with Gasteiger partial charge in [0.05, 0.1) is 6.04 Å². The predicted molar refractivity (Wildman–Crippen MR) is 76.3 cm³/mol. The number of unbranched alkanes of at least 4 members (excludes halogenated alkanes) is 1. The zero-order valence-electron chi connectivity index (χ0n) is 12.1. The number of carbonyl (C=O) groups is 1. The Hall–Kier alpha value is -1.40. The predicted octanol–water partition coefficient (Wildman–Crippen LogP) is 1.30. The fraction of sp³-hybridized carbons (Fsp3) is 0.714. The minimum atomic E-state index is -0.220. The first-order chi connectivity index (χ1) is 9.72. The minimum Gasteiger partial charge on any atom is -0.446 e. The van der Waals surface area contributed by atoms with Crippen LogP contribution < -0.4 is 11.1 Å². The highest BCUT2D eigenvalue weighted by Gasteiger charge is 2.22. The summed E-state index contributed by atoms with van der Waals surface area (Å²) >= 11 is 0. The first-order valence-corrected chi connectivity index (χ1v) is 7.43. The number of hydrogen-bond donors (Lipinski definition) is 2. The van der Waals surface area contributed by atoms with E-state index in [0.29, 0.717) is 18.1 Å². The van der Waals surface area contributed by atoms with Crippen molar-refractivity contribution in [2.75, 3.05) is 26.2 Å². The Labute approximate surface area is 119 Å². The van der Waals surface area contributed by atoms with Crippen molar-refractivity contribution < 1.29 is 9.21 Å². The number of nitrogens with one attached hydrogen (secondary N) is 1. The monoisotopic (exact) mass is 280 g/mol. The van der Waals surface area contributed by atoms with Crippen LogP contribution in [0, 0.1) is 0 Å². The molecule has 0 aromatic carbocycles. The fourth-order valence-corrected chi connectivity index (χ4v) is 2.31. The Bertz CT molecular complexity index is 425. The van der Waals surface area contributed by atoms with Crippen molar-refractivity contribution >= 4 is 5.91 Å². The topological polar surface area (TPSA) is 84.4 Å². The molecule has 6 heteroatoms. The van der Waals surface area contributed by atoms with Gasteiger partial charge in [-0.15, -0.1) is 0 Å². The summed E-state index contributed by atoms with van der Waals surface area (Å²) in [6, 6.07) is -0.220. The highest BCUT2D eigenvalue weighted by molar-refractivity contribution is 5.92.